The Labute approximate surface area is 198 Å². The van der Waals surface area contributed by atoms with Gasteiger partial charge in [0.1, 0.15) is 18.5 Å². The van der Waals surface area contributed by atoms with Gasteiger partial charge >= 0.3 is 23.9 Å². The number of hydrogen-bond donors (Lipinski definition) is 0. The zero-order valence-corrected chi connectivity index (χ0v) is 20.5. The molecule has 5 unspecified atom stereocenters. The van der Waals surface area contributed by atoms with Crippen LogP contribution in [-0.2, 0) is 42.9 Å². The number of ether oxygens (including phenoxy) is 6. The van der Waals surface area contributed by atoms with E-state index in [0.29, 0.717) is 5.75 Å². The van der Waals surface area contributed by atoms with Gasteiger partial charge in [-0.05, 0) is 30.0 Å². The number of rotatable bonds is 8. The Kier molecular flexibility index (Phi) is 9.43. The molecule has 1 aromatic carbocycles. The van der Waals surface area contributed by atoms with E-state index < -0.39 is 54.6 Å². The summed E-state index contributed by atoms with van der Waals surface area (Å²) in [7, 11) is 0. The third-order valence-corrected chi connectivity index (χ3v) is 4.98. The second-order valence-corrected chi connectivity index (χ2v) is 8.38. The summed E-state index contributed by atoms with van der Waals surface area (Å²) in [5, 5.41) is 0. The normalized spacial score (nSPS) is 24.2. The Bertz CT molecular complexity index is 909. The molecule has 1 aliphatic heterocycles. The predicted octanol–water partition coefficient (Wildman–Crippen LogP) is 2.58. The molecule has 1 saturated heterocycles. The van der Waals surface area contributed by atoms with Crippen LogP contribution < -0.4 is 4.74 Å². The van der Waals surface area contributed by atoms with Gasteiger partial charge in [-0.3, -0.25) is 19.2 Å². The summed E-state index contributed by atoms with van der Waals surface area (Å²) < 4.78 is 33.5. The highest BCUT2D eigenvalue weighted by Gasteiger charge is 2.53. The first-order valence-corrected chi connectivity index (χ1v) is 11.0. The monoisotopic (exact) mass is 480 g/mol. The Morgan fingerprint density at radius 3 is 1.94 bits per heavy atom. The van der Waals surface area contributed by atoms with Gasteiger partial charge in [0.2, 0.25) is 12.4 Å². The van der Waals surface area contributed by atoms with Crippen molar-refractivity contribution in [3.63, 3.8) is 0 Å². The minimum Gasteiger partial charge on any atom is -0.463 e. The van der Waals surface area contributed by atoms with Crippen molar-refractivity contribution < 1.29 is 47.6 Å². The molecule has 2 rings (SSSR count). The highest BCUT2D eigenvalue weighted by molar-refractivity contribution is 5.68. The van der Waals surface area contributed by atoms with Crippen molar-refractivity contribution in [2.75, 3.05) is 6.61 Å². The Balaban J connectivity index is 2.54. The summed E-state index contributed by atoms with van der Waals surface area (Å²) in [5.74, 6) is -2.09. The minimum atomic E-state index is -1.28. The van der Waals surface area contributed by atoms with Gasteiger partial charge in [0.25, 0.3) is 0 Å². The van der Waals surface area contributed by atoms with Crippen LogP contribution in [0.15, 0.2) is 18.2 Å². The lowest BCUT2D eigenvalue weighted by molar-refractivity contribution is -0.288. The second-order valence-electron chi connectivity index (χ2n) is 8.38. The fourth-order valence-electron chi connectivity index (χ4n) is 3.63. The Hall–Kier alpha value is -3.14. The highest BCUT2D eigenvalue weighted by Crippen LogP contribution is 2.34. The summed E-state index contributed by atoms with van der Waals surface area (Å²) in [6, 6.07) is 5.67. The maximum atomic E-state index is 11.9. The van der Waals surface area contributed by atoms with E-state index in [-0.39, 0.29) is 12.5 Å². The van der Waals surface area contributed by atoms with Crippen LogP contribution in [-0.4, -0.2) is 61.2 Å². The molecule has 34 heavy (non-hydrogen) atoms. The highest BCUT2D eigenvalue weighted by atomic mass is 16.7. The standard InChI is InChI=1S/C24H32O10/c1-12(2)18-9-8-13(3)10-19(18)33-24-23(32-17(7)28)22(31-16(6)27)21(30-15(5)26)20(34-24)11-29-14(4)25/h8-10,12,20-24H,11H2,1-7H3. The molecule has 1 aromatic rings. The van der Waals surface area contributed by atoms with Crippen LogP contribution in [0.2, 0.25) is 0 Å². The third-order valence-electron chi connectivity index (χ3n) is 4.98. The van der Waals surface area contributed by atoms with Crippen molar-refractivity contribution in [1.82, 2.24) is 0 Å². The van der Waals surface area contributed by atoms with Gasteiger partial charge in [0, 0.05) is 27.7 Å². The summed E-state index contributed by atoms with van der Waals surface area (Å²) in [5.41, 5.74) is 1.79. The number of aryl methyl sites for hydroxylation is 1. The van der Waals surface area contributed by atoms with Crippen LogP contribution in [0.1, 0.15) is 58.6 Å². The summed E-state index contributed by atoms with van der Waals surface area (Å²) in [4.78, 5) is 47.1. The molecule has 1 aliphatic rings. The van der Waals surface area contributed by atoms with Crippen LogP contribution in [0.25, 0.3) is 0 Å². The van der Waals surface area contributed by atoms with Crippen LogP contribution >= 0.6 is 0 Å². The molecule has 5 atom stereocenters. The van der Waals surface area contributed by atoms with Crippen molar-refractivity contribution >= 4 is 23.9 Å². The molecule has 0 spiro atoms. The first kappa shape index (κ1) is 27.1. The lowest BCUT2D eigenvalue weighted by Crippen LogP contribution is -2.63. The average molecular weight is 481 g/mol. The van der Waals surface area contributed by atoms with Crippen molar-refractivity contribution in [2.24, 2.45) is 0 Å². The minimum absolute atomic E-state index is 0.0984. The topological polar surface area (TPSA) is 124 Å². The molecule has 10 nitrogen and oxygen atoms in total. The lowest BCUT2D eigenvalue weighted by Gasteiger charge is -2.44. The van der Waals surface area contributed by atoms with E-state index in [0.717, 1.165) is 11.1 Å². The van der Waals surface area contributed by atoms with E-state index in [2.05, 4.69) is 0 Å². The molecule has 1 fully saturated rings. The number of benzene rings is 1. The number of carbonyl (C=O) groups excluding carboxylic acids is 4. The largest absolute Gasteiger partial charge is 0.463 e. The molecule has 188 valence electrons. The van der Waals surface area contributed by atoms with Gasteiger partial charge in [-0.2, -0.15) is 0 Å². The van der Waals surface area contributed by atoms with E-state index in [1.54, 1.807) is 0 Å². The molecule has 0 aromatic heterocycles. The first-order chi connectivity index (χ1) is 15.9. The van der Waals surface area contributed by atoms with Crippen LogP contribution in [0.4, 0.5) is 0 Å². The Morgan fingerprint density at radius 2 is 1.41 bits per heavy atom. The van der Waals surface area contributed by atoms with Crippen molar-refractivity contribution in [1.29, 1.82) is 0 Å². The van der Waals surface area contributed by atoms with Crippen molar-refractivity contribution in [2.45, 2.75) is 85.1 Å². The fraction of sp³-hybridized carbons (Fsp3) is 0.583. The average Bonchev–Trinajstić information content (AvgIpc) is 2.69. The zero-order chi connectivity index (χ0) is 25.6. The summed E-state index contributed by atoms with van der Waals surface area (Å²) >= 11 is 0. The van der Waals surface area contributed by atoms with E-state index in [4.69, 9.17) is 28.4 Å². The molecule has 0 aliphatic carbocycles. The predicted molar refractivity (Wildman–Crippen MR) is 118 cm³/mol. The number of hydrogen-bond acceptors (Lipinski definition) is 10. The van der Waals surface area contributed by atoms with E-state index >= 15 is 0 Å². The maximum Gasteiger partial charge on any atom is 0.303 e. The summed E-state index contributed by atoms with van der Waals surface area (Å²) in [6.07, 6.45) is -6.12. The molecule has 0 radical (unpaired) electrons. The van der Waals surface area contributed by atoms with E-state index in [1.165, 1.54) is 27.7 Å². The molecule has 0 saturated carbocycles. The SMILES string of the molecule is CC(=O)OCC1OC(Oc2cc(C)ccc2C(C)C)C(OC(C)=O)C(OC(C)=O)C1OC(C)=O. The van der Waals surface area contributed by atoms with Gasteiger partial charge < -0.3 is 28.4 Å². The second kappa shape index (κ2) is 11.8. The first-order valence-electron chi connectivity index (χ1n) is 11.0. The third kappa shape index (κ3) is 7.44. The Morgan fingerprint density at radius 1 is 0.853 bits per heavy atom. The summed E-state index contributed by atoms with van der Waals surface area (Å²) in [6.45, 7) is 10.3. The van der Waals surface area contributed by atoms with Gasteiger partial charge in [0.05, 0.1) is 0 Å². The maximum absolute atomic E-state index is 11.9. The molecular weight excluding hydrogens is 448 g/mol. The van der Waals surface area contributed by atoms with Crippen LogP contribution in [0.5, 0.6) is 5.75 Å². The fourth-order valence-corrected chi connectivity index (χ4v) is 3.63. The lowest BCUT2D eigenvalue weighted by atomic mass is 9.97. The van der Waals surface area contributed by atoms with Crippen LogP contribution in [0, 0.1) is 6.92 Å². The molecule has 0 amide bonds. The van der Waals surface area contributed by atoms with Crippen molar-refractivity contribution in [3.8, 4) is 5.75 Å². The van der Waals surface area contributed by atoms with Gasteiger partial charge in [-0.1, -0.05) is 26.0 Å². The smallest absolute Gasteiger partial charge is 0.303 e. The van der Waals surface area contributed by atoms with Gasteiger partial charge in [0.15, 0.2) is 12.2 Å². The molecule has 10 heteroatoms. The molecule has 0 N–H and O–H groups in total. The quantitative estimate of drug-likeness (QED) is 0.405. The number of carbonyl (C=O) groups is 4. The molecule has 1 heterocycles. The number of esters is 4. The van der Waals surface area contributed by atoms with Crippen molar-refractivity contribution in [3.05, 3.63) is 29.3 Å². The zero-order valence-electron chi connectivity index (χ0n) is 20.5. The van der Waals surface area contributed by atoms with Crippen LogP contribution in [0.3, 0.4) is 0 Å². The van der Waals surface area contributed by atoms with E-state index in [9.17, 15) is 19.2 Å². The van der Waals surface area contributed by atoms with Gasteiger partial charge in [-0.15, -0.1) is 0 Å². The molecule has 0 bridgehead atoms. The van der Waals surface area contributed by atoms with E-state index in [1.807, 2.05) is 39.0 Å². The molecular formula is C24H32O10. The van der Waals surface area contributed by atoms with Gasteiger partial charge in [-0.25, -0.2) is 0 Å².